The molecule has 2 fully saturated rings. The van der Waals surface area contributed by atoms with Crippen molar-refractivity contribution < 1.29 is 9.13 Å². The van der Waals surface area contributed by atoms with Crippen molar-refractivity contribution >= 4 is 11.5 Å². The van der Waals surface area contributed by atoms with Crippen molar-refractivity contribution in [2.24, 2.45) is 11.7 Å². The lowest BCUT2D eigenvalue weighted by atomic mass is 9.86. The smallest absolute Gasteiger partial charge is 0.149 e. The molecule has 1 aliphatic carbocycles. The van der Waals surface area contributed by atoms with Crippen LogP contribution in [-0.4, -0.2) is 48.7 Å². The van der Waals surface area contributed by atoms with Crippen LogP contribution in [0.3, 0.4) is 0 Å². The zero-order chi connectivity index (χ0) is 25.8. The van der Waals surface area contributed by atoms with Crippen LogP contribution < -0.4 is 16.0 Å². The van der Waals surface area contributed by atoms with E-state index in [1.807, 2.05) is 16.8 Å². The first-order valence-electron chi connectivity index (χ1n) is 13.2. The Bertz CT molecular complexity index is 1240. The van der Waals surface area contributed by atoms with Gasteiger partial charge in [-0.3, -0.25) is 0 Å². The van der Waals surface area contributed by atoms with E-state index in [-0.39, 0.29) is 11.6 Å². The first-order chi connectivity index (χ1) is 18.0. The normalized spacial score (nSPS) is 20.5. The van der Waals surface area contributed by atoms with Crippen molar-refractivity contribution in [2.75, 3.05) is 37.0 Å². The lowest BCUT2D eigenvalue weighted by Gasteiger charge is -2.33. The van der Waals surface area contributed by atoms with Gasteiger partial charge in [0.2, 0.25) is 0 Å². The topological polar surface area (TPSA) is 92.1 Å². The fourth-order valence-electron chi connectivity index (χ4n) is 5.56. The fourth-order valence-corrected chi connectivity index (χ4v) is 5.56. The molecule has 37 heavy (non-hydrogen) atoms. The first kappa shape index (κ1) is 25.2. The third-order valence-electron chi connectivity index (χ3n) is 7.72. The first-order valence-corrected chi connectivity index (χ1v) is 13.2. The summed E-state index contributed by atoms with van der Waals surface area (Å²) in [6.45, 7) is 2.74. The number of nitrogens with zero attached hydrogens (tertiary/aromatic N) is 4. The summed E-state index contributed by atoms with van der Waals surface area (Å²) in [5.41, 5.74) is 9.70. The van der Waals surface area contributed by atoms with Gasteiger partial charge in [-0.05, 0) is 74.4 Å². The molecular weight excluding hydrogens is 467 g/mol. The Morgan fingerprint density at radius 2 is 1.84 bits per heavy atom. The number of hydrogen-bond donors (Lipinski definition) is 2. The van der Waals surface area contributed by atoms with Crippen LogP contribution in [-0.2, 0) is 4.74 Å². The number of hydrogen-bond acceptors (Lipinski definition) is 6. The standard InChI is InChI=1S/C29H35FN6O/c1-37-26-11-13-35(14-12-26)24-7-9-25(10-8-24)36-28(21-5-6-22(18-31)27(30)16-21)17-29(34-36)33-19-20-3-2-4-23(32)15-20/h5-10,16-17,20,23,26H,2-4,11-15,19,32H2,1H3,(H,33,34)/t20?,23-/m0/s1. The molecule has 8 heteroatoms. The fraction of sp³-hybridized carbons (Fsp3) is 0.448. The molecule has 2 heterocycles. The van der Waals surface area contributed by atoms with Gasteiger partial charge in [-0.25, -0.2) is 9.07 Å². The summed E-state index contributed by atoms with van der Waals surface area (Å²) in [6, 6.07) is 17.2. The molecule has 3 aromatic rings. The summed E-state index contributed by atoms with van der Waals surface area (Å²) in [4.78, 5) is 2.38. The molecule has 7 nitrogen and oxygen atoms in total. The number of nitrogens with two attached hydrogens (primary N) is 1. The van der Waals surface area contributed by atoms with E-state index in [2.05, 4.69) is 34.5 Å². The molecule has 1 aromatic heterocycles. The van der Waals surface area contributed by atoms with E-state index in [1.165, 1.54) is 17.8 Å². The average molecular weight is 503 g/mol. The quantitative estimate of drug-likeness (QED) is 0.467. The minimum Gasteiger partial charge on any atom is -0.381 e. The monoisotopic (exact) mass is 502 g/mol. The number of methoxy groups -OCH3 is 1. The van der Waals surface area contributed by atoms with Crippen molar-refractivity contribution in [3.8, 4) is 23.0 Å². The maximum absolute atomic E-state index is 14.5. The van der Waals surface area contributed by atoms with Crippen LogP contribution in [0.4, 0.5) is 15.9 Å². The number of ether oxygens (including phenoxy) is 1. The van der Waals surface area contributed by atoms with Crippen molar-refractivity contribution in [3.05, 3.63) is 59.9 Å². The van der Waals surface area contributed by atoms with Gasteiger partial charge >= 0.3 is 0 Å². The predicted molar refractivity (Wildman–Crippen MR) is 144 cm³/mol. The van der Waals surface area contributed by atoms with Crippen LogP contribution in [0.25, 0.3) is 16.9 Å². The van der Waals surface area contributed by atoms with Crippen molar-refractivity contribution in [1.29, 1.82) is 5.26 Å². The second-order valence-electron chi connectivity index (χ2n) is 10.2. The van der Waals surface area contributed by atoms with E-state index in [0.29, 0.717) is 17.6 Å². The summed E-state index contributed by atoms with van der Waals surface area (Å²) >= 11 is 0. The van der Waals surface area contributed by atoms with E-state index >= 15 is 0 Å². The van der Waals surface area contributed by atoms with Crippen LogP contribution in [0.5, 0.6) is 0 Å². The molecule has 1 aliphatic heterocycles. The molecule has 1 saturated heterocycles. The van der Waals surface area contributed by atoms with Gasteiger partial charge in [0.05, 0.1) is 23.0 Å². The lowest BCUT2D eigenvalue weighted by molar-refractivity contribution is 0.0819. The molecule has 3 N–H and O–H groups in total. The van der Waals surface area contributed by atoms with E-state index in [9.17, 15) is 4.39 Å². The van der Waals surface area contributed by atoms with Crippen molar-refractivity contribution in [3.63, 3.8) is 0 Å². The van der Waals surface area contributed by atoms with Crippen LogP contribution in [0.1, 0.15) is 44.1 Å². The molecule has 2 aliphatic rings. The van der Waals surface area contributed by atoms with Crippen LogP contribution in [0, 0.1) is 23.1 Å². The van der Waals surface area contributed by atoms with Crippen LogP contribution in [0.15, 0.2) is 48.5 Å². The Labute approximate surface area is 218 Å². The SMILES string of the molecule is COC1CCN(c2ccc(-n3nc(NCC4CCC[C@H](N)C4)cc3-c3ccc(C#N)c(F)c3)cc2)CC1. The molecule has 2 aromatic carbocycles. The predicted octanol–water partition coefficient (Wildman–Crippen LogP) is 5.09. The van der Waals surface area contributed by atoms with Crippen LogP contribution >= 0.6 is 0 Å². The highest BCUT2D eigenvalue weighted by Gasteiger charge is 2.21. The number of nitriles is 1. The molecule has 2 atom stereocenters. The summed E-state index contributed by atoms with van der Waals surface area (Å²) in [7, 11) is 1.78. The second kappa shape index (κ2) is 11.3. The highest BCUT2D eigenvalue weighted by Crippen LogP contribution is 2.30. The summed E-state index contributed by atoms with van der Waals surface area (Å²) in [5.74, 6) is 0.726. The molecule has 0 bridgehead atoms. The number of nitrogens with one attached hydrogen (secondary N) is 1. The molecule has 5 rings (SSSR count). The highest BCUT2D eigenvalue weighted by molar-refractivity contribution is 5.67. The number of rotatable bonds is 7. The Kier molecular flexibility index (Phi) is 7.73. The van der Waals surface area contributed by atoms with E-state index in [1.54, 1.807) is 13.2 Å². The van der Waals surface area contributed by atoms with Crippen LogP contribution in [0.2, 0.25) is 0 Å². The Morgan fingerprint density at radius 1 is 1.08 bits per heavy atom. The van der Waals surface area contributed by atoms with Gasteiger partial charge in [0.1, 0.15) is 17.7 Å². The van der Waals surface area contributed by atoms with Gasteiger partial charge in [-0.15, -0.1) is 5.10 Å². The van der Waals surface area contributed by atoms with Crippen molar-refractivity contribution in [2.45, 2.75) is 50.7 Å². The Morgan fingerprint density at radius 3 is 2.51 bits per heavy atom. The third-order valence-corrected chi connectivity index (χ3v) is 7.72. The Balaban J connectivity index is 1.40. The van der Waals surface area contributed by atoms with E-state index in [4.69, 9.17) is 20.8 Å². The molecular formula is C29H35FN6O. The molecule has 0 radical (unpaired) electrons. The van der Waals surface area contributed by atoms with Gasteiger partial charge in [0.15, 0.2) is 0 Å². The average Bonchev–Trinajstić information content (AvgIpc) is 3.36. The minimum absolute atomic E-state index is 0.0309. The van der Waals surface area contributed by atoms with Gasteiger partial charge in [0, 0.05) is 50.1 Å². The zero-order valence-corrected chi connectivity index (χ0v) is 21.4. The number of halogens is 1. The maximum atomic E-state index is 14.5. The van der Waals surface area contributed by atoms with Gasteiger partial charge in [-0.1, -0.05) is 12.5 Å². The number of piperidine rings is 1. The van der Waals surface area contributed by atoms with Gasteiger partial charge in [0.25, 0.3) is 0 Å². The Hall–Kier alpha value is -3.41. The third kappa shape index (κ3) is 5.79. The van der Waals surface area contributed by atoms with Crippen molar-refractivity contribution in [1.82, 2.24) is 9.78 Å². The number of aromatic nitrogens is 2. The molecule has 1 unspecified atom stereocenters. The number of anilines is 2. The molecule has 0 spiro atoms. The lowest BCUT2D eigenvalue weighted by Crippen LogP contribution is -2.36. The minimum atomic E-state index is -0.534. The summed E-state index contributed by atoms with van der Waals surface area (Å²) in [5, 5.41) is 17.5. The second-order valence-corrected chi connectivity index (χ2v) is 10.2. The van der Waals surface area contributed by atoms with E-state index in [0.717, 1.165) is 75.4 Å². The summed E-state index contributed by atoms with van der Waals surface area (Å²) in [6.07, 6.45) is 6.82. The summed E-state index contributed by atoms with van der Waals surface area (Å²) < 4.78 is 21.9. The molecule has 194 valence electrons. The highest BCUT2D eigenvalue weighted by atomic mass is 19.1. The maximum Gasteiger partial charge on any atom is 0.149 e. The molecule has 1 saturated carbocycles. The van der Waals surface area contributed by atoms with E-state index < -0.39 is 5.82 Å². The zero-order valence-electron chi connectivity index (χ0n) is 21.4. The largest absolute Gasteiger partial charge is 0.381 e. The van der Waals surface area contributed by atoms with Gasteiger partial charge in [-0.2, -0.15) is 5.26 Å². The molecule has 0 amide bonds. The number of benzene rings is 2. The van der Waals surface area contributed by atoms with Gasteiger partial charge < -0.3 is 20.7 Å².